The summed E-state index contributed by atoms with van der Waals surface area (Å²) in [5.41, 5.74) is 2.84. The monoisotopic (exact) mass is 410 g/mol. The molecule has 0 heterocycles. The van der Waals surface area contributed by atoms with Gasteiger partial charge in [-0.05, 0) is 48.4 Å². The van der Waals surface area contributed by atoms with Gasteiger partial charge >= 0.3 is 5.97 Å². The third kappa shape index (κ3) is 4.71. The Kier molecular flexibility index (Phi) is 6.90. The van der Waals surface area contributed by atoms with Gasteiger partial charge in [-0.25, -0.2) is 4.79 Å². The molecule has 0 saturated heterocycles. The SMILES string of the molecule is CO[C@@H]1Cc2ccc(C(=O)O)cc2C(C)(C)[C@H]1NCCCNC(=O)c1ccccc1. The lowest BCUT2D eigenvalue weighted by Gasteiger charge is -2.45. The Morgan fingerprint density at radius 1 is 1.10 bits per heavy atom. The summed E-state index contributed by atoms with van der Waals surface area (Å²) in [6.07, 6.45) is 1.50. The van der Waals surface area contributed by atoms with Crippen molar-refractivity contribution in [1.29, 1.82) is 0 Å². The van der Waals surface area contributed by atoms with E-state index >= 15 is 0 Å². The quantitative estimate of drug-likeness (QED) is 0.583. The third-order valence-corrected chi connectivity index (χ3v) is 5.96. The molecule has 0 aliphatic heterocycles. The number of carbonyl (C=O) groups excluding carboxylic acids is 1. The second kappa shape index (κ2) is 9.41. The number of aromatic carboxylic acids is 1. The van der Waals surface area contributed by atoms with Crippen LogP contribution in [0, 0.1) is 0 Å². The van der Waals surface area contributed by atoms with Crippen LogP contribution in [0.25, 0.3) is 0 Å². The maximum atomic E-state index is 12.1. The number of methoxy groups -OCH3 is 1. The van der Waals surface area contributed by atoms with Crippen LogP contribution in [0.4, 0.5) is 0 Å². The summed E-state index contributed by atoms with van der Waals surface area (Å²) < 4.78 is 5.78. The van der Waals surface area contributed by atoms with Crippen molar-refractivity contribution in [1.82, 2.24) is 10.6 Å². The molecule has 2 aromatic carbocycles. The highest BCUT2D eigenvalue weighted by atomic mass is 16.5. The summed E-state index contributed by atoms with van der Waals surface area (Å²) in [5.74, 6) is -0.986. The number of carbonyl (C=O) groups is 2. The lowest BCUT2D eigenvalue weighted by Crippen LogP contribution is -2.57. The van der Waals surface area contributed by atoms with Crippen LogP contribution in [0.15, 0.2) is 48.5 Å². The molecular weight excluding hydrogens is 380 g/mol. The van der Waals surface area contributed by atoms with Gasteiger partial charge in [0.1, 0.15) is 0 Å². The largest absolute Gasteiger partial charge is 0.478 e. The van der Waals surface area contributed by atoms with Crippen molar-refractivity contribution in [2.45, 2.75) is 44.2 Å². The van der Waals surface area contributed by atoms with Gasteiger partial charge in [-0.1, -0.05) is 38.1 Å². The molecule has 2 aromatic rings. The van der Waals surface area contributed by atoms with E-state index in [0.29, 0.717) is 17.7 Å². The molecule has 2 atom stereocenters. The van der Waals surface area contributed by atoms with Gasteiger partial charge in [0, 0.05) is 37.1 Å². The fourth-order valence-electron chi connectivity index (χ4n) is 4.30. The van der Waals surface area contributed by atoms with Gasteiger partial charge in [0.25, 0.3) is 5.91 Å². The average molecular weight is 411 g/mol. The highest BCUT2D eigenvalue weighted by Crippen LogP contribution is 2.38. The van der Waals surface area contributed by atoms with E-state index in [0.717, 1.165) is 30.5 Å². The second-order valence-corrected chi connectivity index (χ2v) is 8.28. The molecule has 1 aliphatic rings. The van der Waals surface area contributed by atoms with E-state index in [2.05, 4.69) is 24.5 Å². The number of benzene rings is 2. The zero-order chi connectivity index (χ0) is 21.7. The number of hydrogen-bond donors (Lipinski definition) is 3. The second-order valence-electron chi connectivity index (χ2n) is 8.28. The zero-order valence-corrected chi connectivity index (χ0v) is 17.8. The molecule has 1 amide bonds. The first kappa shape index (κ1) is 22.0. The Balaban J connectivity index is 1.61. The molecule has 0 unspecified atom stereocenters. The van der Waals surface area contributed by atoms with Crippen LogP contribution in [0.1, 0.15) is 52.1 Å². The maximum Gasteiger partial charge on any atom is 0.335 e. The Hall–Kier alpha value is -2.70. The Morgan fingerprint density at radius 2 is 1.83 bits per heavy atom. The van der Waals surface area contributed by atoms with Crippen LogP contribution >= 0.6 is 0 Å². The van der Waals surface area contributed by atoms with Gasteiger partial charge in [-0.15, -0.1) is 0 Å². The van der Waals surface area contributed by atoms with E-state index < -0.39 is 5.97 Å². The molecule has 6 heteroatoms. The Morgan fingerprint density at radius 3 is 2.50 bits per heavy atom. The van der Waals surface area contributed by atoms with E-state index in [9.17, 15) is 14.7 Å². The molecule has 160 valence electrons. The predicted octanol–water partition coefficient (Wildman–Crippen LogP) is 3.01. The fraction of sp³-hybridized carbons (Fsp3) is 0.417. The molecule has 0 fully saturated rings. The molecular formula is C24H30N2O4. The summed E-state index contributed by atoms with van der Waals surface area (Å²) in [7, 11) is 1.71. The molecule has 6 nitrogen and oxygen atoms in total. The number of hydrogen-bond acceptors (Lipinski definition) is 4. The van der Waals surface area contributed by atoms with Crippen molar-refractivity contribution in [3.05, 3.63) is 70.8 Å². The molecule has 0 aromatic heterocycles. The minimum Gasteiger partial charge on any atom is -0.478 e. The molecule has 0 radical (unpaired) electrons. The van der Waals surface area contributed by atoms with Crippen molar-refractivity contribution in [3.8, 4) is 0 Å². The average Bonchev–Trinajstić information content (AvgIpc) is 2.74. The van der Waals surface area contributed by atoms with Crippen molar-refractivity contribution in [2.75, 3.05) is 20.2 Å². The van der Waals surface area contributed by atoms with E-state index in [1.807, 2.05) is 24.3 Å². The normalized spacial score (nSPS) is 19.7. The predicted molar refractivity (Wildman–Crippen MR) is 116 cm³/mol. The van der Waals surface area contributed by atoms with Gasteiger partial charge in [0.05, 0.1) is 11.7 Å². The zero-order valence-electron chi connectivity index (χ0n) is 17.8. The standard InChI is InChI=1S/C24H30N2O4/c1-24(2)19-14-18(23(28)29)11-10-17(19)15-20(30-3)21(24)25-12-7-13-26-22(27)16-8-5-4-6-9-16/h4-6,8-11,14,20-21,25H,7,12-13,15H2,1-3H3,(H,26,27)(H,28,29)/t20-,21+/m1/s1. The number of nitrogens with one attached hydrogen (secondary N) is 2. The van der Waals surface area contributed by atoms with Gasteiger partial charge in [-0.2, -0.15) is 0 Å². The van der Waals surface area contributed by atoms with Crippen LogP contribution in [0.2, 0.25) is 0 Å². The smallest absolute Gasteiger partial charge is 0.335 e. The van der Waals surface area contributed by atoms with Crippen LogP contribution in [-0.2, 0) is 16.6 Å². The first-order chi connectivity index (χ1) is 14.3. The summed E-state index contributed by atoms with van der Waals surface area (Å²) in [6, 6.07) is 14.6. The third-order valence-electron chi connectivity index (χ3n) is 5.96. The topological polar surface area (TPSA) is 87.7 Å². The summed E-state index contributed by atoms with van der Waals surface area (Å²) in [6.45, 7) is 5.54. The van der Waals surface area contributed by atoms with Crippen molar-refractivity contribution >= 4 is 11.9 Å². The molecule has 0 bridgehead atoms. The first-order valence-corrected chi connectivity index (χ1v) is 10.3. The Bertz CT molecular complexity index is 895. The van der Waals surface area contributed by atoms with Gasteiger partial charge in [0.15, 0.2) is 0 Å². The van der Waals surface area contributed by atoms with E-state index in [-0.39, 0.29) is 23.5 Å². The molecule has 0 saturated carbocycles. The molecule has 0 spiro atoms. The van der Waals surface area contributed by atoms with E-state index in [1.54, 1.807) is 31.4 Å². The fourth-order valence-corrected chi connectivity index (χ4v) is 4.30. The Labute approximate surface area is 177 Å². The number of rotatable bonds is 8. The van der Waals surface area contributed by atoms with Gasteiger partial charge in [-0.3, -0.25) is 4.79 Å². The molecule has 3 rings (SSSR count). The van der Waals surface area contributed by atoms with Crippen molar-refractivity contribution < 1.29 is 19.4 Å². The highest BCUT2D eigenvalue weighted by molar-refractivity contribution is 5.94. The van der Waals surface area contributed by atoms with Crippen LogP contribution in [0.3, 0.4) is 0 Å². The lowest BCUT2D eigenvalue weighted by molar-refractivity contribution is 0.0356. The van der Waals surface area contributed by atoms with Crippen LogP contribution in [-0.4, -0.2) is 49.3 Å². The van der Waals surface area contributed by atoms with Gasteiger partial charge in [0.2, 0.25) is 0 Å². The first-order valence-electron chi connectivity index (χ1n) is 10.3. The lowest BCUT2D eigenvalue weighted by atomic mass is 9.67. The van der Waals surface area contributed by atoms with E-state index in [1.165, 1.54) is 0 Å². The van der Waals surface area contributed by atoms with Gasteiger partial charge < -0.3 is 20.5 Å². The highest BCUT2D eigenvalue weighted by Gasteiger charge is 2.42. The molecule has 30 heavy (non-hydrogen) atoms. The number of carboxylic acids is 1. The summed E-state index contributed by atoms with van der Waals surface area (Å²) in [5, 5.41) is 15.9. The van der Waals surface area contributed by atoms with Crippen molar-refractivity contribution in [3.63, 3.8) is 0 Å². The number of ether oxygens (including phenoxy) is 1. The molecule has 1 aliphatic carbocycles. The number of amides is 1. The van der Waals surface area contributed by atoms with E-state index in [4.69, 9.17) is 4.74 Å². The summed E-state index contributed by atoms with van der Waals surface area (Å²) >= 11 is 0. The number of fused-ring (bicyclic) bond motifs is 1. The molecule has 3 N–H and O–H groups in total. The minimum absolute atomic E-state index is 0.0120. The van der Waals surface area contributed by atoms with Crippen LogP contribution < -0.4 is 10.6 Å². The number of carboxylic acid groups (broad SMARTS) is 1. The minimum atomic E-state index is -0.916. The van der Waals surface area contributed by atoms with Crippen molar-refractivity contribution in [2.24, 2.45) is 0 Å². The summed E-state index contributed by atoms with van der Waals surface area (Å²) in [4.78, 5) is 23.6. The van der Waals surface area contributed by atoms with Crippen LogP contribution in [0.5, 0.6) is 0 Å². The maximum absolute atomic E-state index is 12.1.